The number of aryl methyl sites for hydroxylation is 1. The molecule has 0 atom stereocenters. The molecule has 1 heterocycles. The summed E-state index contributed by atoms with van der Waals surface area (Å²) in [5, 5.41) is 17.4. The van der Waals surface area contributed by atoms with E-state index < -0.39 is 0 Å². The van der Waals surface area contributed by atoms with Gasteiger partial charge in [-0.05, 0) is 18.1 Å². The van der Waals surface area contributed by atoms with Gasteiger partial charge in [-0.15, -0.1) is 0 Å². The van der Waals surface area contributed by atoms with Crippen LogP contribution in [0.15, 0.2) is 35.1 Å². The van der Waals surface area contributed by atoms with Crippen LogP contribution in [0, 0.1) is 0 Å². The second kappa shape index (κ2) is 6.54. The Labute approximate surface area is 124 Å². The van der Waals surface area contributed by atoms with Crippen LogP contribution in [0.4, 0.5) is 0 Å². The Balaban J connectivity index is 2.48. The smallest absolute Gasteiger partial charge is 0.275 e. The van der Waals surface area contributed by atoms with Crippen LogP contribution in [-0.4, -0.2) is 20.9 Å². The van der Waals surface area contributed by atoms with Crippen molar-refractivity contribution in [2.45, 2.75) is 39.8 Å². The molecule has 1 aromatic carbocycles. The van der Waals surface area contributed by atoms with E-state index in [-0.39, 0.29) is 17.4 Å². The number of nitrogens with zero attached hydrogens (tertiary/aromatic N) is 2. The van der Waals surface area contributed by atoms with Crippen molar-refractivity contribution in [3.63, 3.8) is 0 Å². The van der Waals surface area contributed by atoms with Gasteiger partial charge in [-0.1, -0.05) is 39.0 Å². The van der Waals surface area contributed by atoms with Crippen LogP contribution in [0.25, 0.3) is 5.69 Å². The van der Waals surface area contributed by atoms with Crippen molar-refractivity contribution in [1.82, 2.24) is 15.1 Å². The molecule has 0 aliphatic carbocycles. The number of rotatable bonds is 5. The lowest BCUT2D eigenvalue weighted by molar-refractivity contribution is 0.447. The first-order chi connectivity index (χ1) is 10.0. The van der Waals surface area contributed by atoms with Gasteiger partial charge in [0.1, 0.15) is 11.4 Å². The molecule has 0 amide bonds. The number of hydrogen-bond donors (Lipinski definition) is 2. The molecule has 21 heavy (non-hydrogen) atoms. The Hall–Kier alpha value is -2.14. The number of hydrogen-bond acceptors (Lipinski definition) is 4. The number of nitrogens with one attached hydrogen (secondary N) is 1. The highest BCUT2D eigenvalue weighted by Crippen LogP contribution is 2.16. The lowest BCUT2D eigenvalue weighted by atomic mass is 10.1. The fourth-order valence-corrected chi connectivity index (χ4v) is 2.10. The van der Waals surface area contributed by atoms with Crippen molar-refractivity contribution in [3.8, 4) is 11.4 Å². The van der Waals surface area contributed by atoms with Crippen LogP contribution in [0.2, 0.25) is 0 Å². The first kappa shape index (κ1) is 15.3. The minimum Gasteiger partial charge on any atom is -0.506 e. The van der Waals surface area contributed by atoms with Crippen LogP contribution in [0.3, 0.4) is 0 Å². The Bertz CT molecular complexity index is 677. The van der Waals surface area contributed by atoms with Gasteiger partial charge in [0.05, 0.1) is 5.69 Å². The van der Waals surface area contributed by atoms with Crippen molar-refractivity contribution in [1.29, 1.82) is 0 Å². The second-order valence-electron chi connectivity index (χ2n) is 5.24. The summed E-state index contributed by atoms with van der Waals surface area (Å²) >= 11 is 0. The van der Waals surface area contributed by atoms with Gasteiger partial charge in [0.25, 0.3) is 5.56 Å². The maximum atomic E-state index is 12.1. The van der Waals surface area contributed by atoms with Crippen LogP contribution in [-0.2, 0) is 13.0 Å². The van der Waals surface area contributed by atoms with Crippen LogP contribution >= 0.6 is 0 Å². The minimum atomic E-state index is -0.332. The zero-order valence-corrected chi connectivity index (χ0v) is 12.6. The van der Waals surface area contributed by atoms with Crippen molar-refractivity contribution < 1.29 is 5.11 Å². The highest BCUT2D eigenvalue weighted by atomic mass is 16.3. The van der Waals surface area contributed by atoms with Crippen LogP contribution in [0.5, 0.6) is 5.75 Å². The minimum absolute atomic E-state index is 0.0709. The molecule has 0 saturated heterocycles. The molecule has 5 heteroatoms. The summed E-state index contributed by atoms with van der Waals surface area (Å²) in [5.74, 6) is -0.0709. The first-order valence-electron chi connectivity index (χ1n) is 7.16. The SMILES string of the molecule is CCc1ccccc1-n1nc(CNC(C)C)c(O)cc1=O. The summed E-state index contributed by atoms with van der Waals surface area (Å²) in [6, 6.07) is 9.15. The van der Waals surface area contributed by atoms with Gasteiger partial charge in [-0.3, -0.25) is 4.79 Å². The van der Waals surface area contributed by atoms with Gasteiger partial charge < -0.3 is 10.4 Å². The third-order valence-electron chi connectivity index (χ3n) is 3.26. The van der Waals surface area contributed by atoms with Gasteiger partial charge in [0, 0.05) is 18.7 Å². The first-order valence-corrected chi connectivity index (χ1v) is 7.16. The zero-order chi connectivity index (χ0) is 15.4. The number of benzene rings is 1. The van der Waals surface area contributed by atoms with Crippen molar-refractivity contribution in [2.75, 3.05) is 0 Å². The average Bonchev–Trinajstić information content (AvgIpc) is 2.46. The van der Waals surface area contributed by atoms with Crippen molar-refractivity contribution in [2.24, 2.45) is 0 Å². The molecule has 0 unspecified atom stereocenters. The maximum Gasteiger partial charge on any atom is 0.275 e. The van der Waals surface area contributed by atoms with E-state index in [1.165, 1.54) is 10.7 Å². The summed E-state index contributed by atoms with van der Waals surface area (Å²) in [5.41, 5.74) is 1.94. The third-order valence-corrected chi connectivity index (χ3v) is 3.26. The molecule has 0 aliphatic rings. The number of aromatic hydroxyl groups is 1. The molecule has 2 rings (SSSR count). The van der Waals surface area contributed by atoms with E-state index in [1.807, 2.05) is 45.0 Å². The monoisotopic (exact) mass is 287 g/mol. The Morgan fingerprint density at radius 1 is 1.33 bits per heavy atom. The van der Waals surface area contributed by atoms with E-state index in [0.717, 1.165) is 17.7 Å². The van der Waals surface area contributed by atoms with E-state index in [0.29, 0.717) is 12.2 Å². The van der Waals surface area contributed by atoms with Gasteiger partial charge in [0.2, 0.25) is 0 Å². The molecule has 0 spiro atoms. The maximum absolute atomic E-state index is 12.1. The third kappa shape index (κ3) is 3.49. The van der Waals surface area contributed by atoms with E-state index in [9.17, 15) is 9.90 Å². The van der Waals surface area contributed by atoms with E-state index >= 15 is 0 Å². The van der Waals surface area contributed by atoms with Gasteiger partial charge >= 0.3 is 0 Å². The largest absolute Gasteiger partial charge is 0.506 e. The standard InChI is InChI=1S/C16H21N3O2/c1-4-12-7-5-6-8-14(12)19-16(21)9-15(20)13(18-19)10-17-11(2)3/h5-9,11,17,20H,4,10H2,1-3H3. The molecule has 0 bridgehead atoms. The highest BCUT2D eigenvalue weighted by Gasteiger charge is 2.11. The molecular formula is C16H21N3O2. The van der Waals surface area contributed by atoms with Crippen LogP contribution < -0.4 is 10.9 Å². The van der Waals surface area contributed by atoms with Gasteiger partial charge in [0.15, 0.2) is 0 Å². The molecular weight excluding hydrogens is 266 g/mol. The predicted octanol–water partition coefficient (Wildman–Crippen LogP) is 2.00. The lowest BCUT2D eigenvalue weighted by Crippen LogP contribution is -2.27. The summed E-state index contributed by atoms with van der Waals surface area (Å²) in [7, 11) is 0. The topological polar surface area (TPSA) is 67.2 Å². The van der Waals surface area contributed by atoms with E-state index in [4.69, 9.17) is 0 Å². The second-order valence-corrected chi connectivity index (χ2v) is 5.24. The average molecular weight is 287 g/mol. The Kier molecular flexibility index (Phi) is 4.75. The van der Waals surface area contributed by atoms with Crippen LogP contribution in [0.1, 0.15) is 32.0 Å². The van der Waals surface area contributed by atoms with E-state index in [2.05, 4.69) is 10.4 Å². The summed E-state index contributed by atoms with van der Waals surface area (Å²) in [6.07, 6.45) is 0.810. The van der Waals surface area contributed by atoms with E-state index in [1.54, 1.807) is 0 Å². The molecule has 112 valence electrons. The summed E-state index contributed by atoms with van der Waals surface area (Å²) in [4.78, 5) is 12.1. The molecule has 2 N–H and O–H groups in total. The molecule has 0 aliphatic heterocycles. The molecule has 1 aromatic heterocycles. The molecule has 5 nitrogen and oxygen atoms in total. The molecule has 0 radical (unpaired) electrons. The Morgan fingerprint density at radius 2 is 2.05 bits per heavy atom. The quantitative estimate of drug-likeness (QED) is 0.882. The van der Waals surface area contributed by atoms with Gasteiger partial charge in [-0.25, -0.2) is 0 Å². The molecule has 0 saturated carbocycles. The highest BCUT2D eigenvalue weighted by molar-refractivity contribution is 5.41. The fourth-order valence-electron chi connectivity index (χ4n) is 2.10. The fraction of sp³-hybridized carbons (Fsp3) is 0.375. The zero-order valence-electron chi connectivity index (χ0n) is 12.6. The summed E-state index contributed by atoms with van der Waals surface area (Å²) in [6.45, 7) is 6.47. The lowest BCUT2D eigenvalue weighted by Gasteiger charge is -2.13. The van der Waals surface area contributed by atoms with Crippen molar-refractivity contribution >= 4 is 0 Å². The normalized spacial score (nSPS) is 11.0. The molecule has 0 fully saturated rings. The Morgan fingerprint density at radius 3 is 2.71 bits per heavy atom. The number of para-hydroxylation sites is 1. The number of aromatic nitrogens is 2. The molecule has 2 aromatic rings. The predicted molar refractivity (Wildman–Crippen MR) is 82.9 cm³/mol. The summed E-state index contributed by atoms with van der Waals surface area (Å²) < 4.78 is 1.36. The van der Waals surface area contributed by atoms with Crippen molar-refractivity contribution in [3.05, 3.63) is 51.9 Å². The van der Waals surface area contributed by atoms with Gasteiger partial charge in [-0.2, -0.15) is 9.78 Å².